The van der Waals surface area contributed by atoms with Crippen molar-refractivity contribution in [1.29, 1.82) is 0 Å². The monoisotopic (exact) mass is 419 g/mol. The Morgan fingerprint density at radius 1 is 1.06 bits per heavy atom. The van der Waals surface area contributed by atoms with Crippen molar-refractivity contribution in [3.8, 4) is 5.75 Å². The van der Waals surface area contributed by atoms with Gasteiger partial charge in [-0.15, -0.1) is 0 Å². The molecular weight excluding hydrogens is 394 g/mol. The number of hydrogen-bond acceptors (Lipinski definition) is 4. The Morgan fingerprint density at radius 2 is 1.87 bits per heavy atom. The minimum atomic E-state index is -0.339. The minimum absolute atomic E-state index is 0.0835. The molecule has 7 nitrogen and oxygen atoms in total. The molecule has 0 fully saturated rings. The molecule has 0 aliphatic rings. The zero-order valence-electron chi connectivity index (χ0n) is 17.8. The second-order valence-electron chi connectivity index (χ2n) is 7.23. The van der Waals surface area contributed by atoms with Crippen molar-refractivity contribution >= 4 is 39.4 Å². The fourth-order valence-electron chi connectivity index (χ4n) is 3.74. The summed E-state index contributed by atoms with van der Waals surface area (Å²) in [6.45, 7) is 5.62. The molecule has 31 heavy (non-hydrogen) atoms. The summed E-state index contributed by atoms with van der Waals surface area (Å²) in [7, 11) is 1.56. The van der Waals surface area contributed by atoms with E-state index in [1.165, 1.54) is 0 Å². The molecule has 0 saturated carbocycles. The molecule has 0 spiro atoms. The summed E-state index contributed by atoms with van der Waals surface area (Å²) in [5.41, 5.74) is 2.13. The maximum atomic E-state index is 12.7. The lowest BCUT2D eigenvalue weighted by Crippen LogP contribution is -2.33. The smallest absolute Gasteiger partial charge is 0.291 e. The number of carbonyl (C=O) groups is 2. The molecule has 2 amide bonds. The fourth-order valence-corrected chi connectivity index (χ4v) is 3.74. The van der Waals surface area contributed by atoms with Gasteiger partial charge >= 0.3 is 0 Å². The van der Waals surface area contributed by atoms with Crippen LogP contribution in [0.5, 0.6) is 5.75 Å². The van der Waals surface area contributed by atoms with Crippen molar-refractivity contribution in [3.63, 3.8) is 0 Å². The predicted octanol–water partition coefficient (Wildman–Crippen LogP) is 4.52. The topological polar surface area (TPSA) is 76.7 Å². The number of furan rings is 1. The van der Waals surface area contributed by atoms with Crippen molar-refractivity contribution < 1.29 is 18.7 Å². The van der Waals surface area contributed by atoms with Gasteiger partial charge in [-0.2, -0.15) is 0 Å². The Morgan fingerprint density at radius 3 is 2.61 bits per heavy atom. The number of nitrogens with zero attached hydrogens (tertiary/aromatic N) is 2. The third-order valence-corrected chi connectivity index (χ3v) is 5.40. The van der Waals surface area contributed by atoms with Crippen LogP contribution < -0.4 is 10.1 Å². The van der Waals surface area contributed by atoms with Crippen LogP contribution in [0.4, 0.5) is 5.69 Å². The van der Waals surface area contributed by atoms with Crippen LogP contribution in [-0.2, 0) is 11.3 Å². The second kappa shape index (κ2) is 8.55. The minimum Gasteiger partial charge on any atom is -0.493 e. The van der Waals surface area contributed by atoms with Crippen LogP contribution >= 0.6 is 0 Å². The van der Waals surface area contributed by atoms with Gasteiger partial charge in [-0.25, -0.2) is 0 Å². The molecule has 160 valence electrons. The molecule has 4 aromatic rings. The van der Waals surface area contributed by atoms with Gasteiger partial charge in [-0.3, -0.25) is 9.59 Å². The third kappa shape index (κ3) is 3.99. The molecule has 0 bridgehead atoms. The number of benzene rings is 2. The van der Waals surface area contributed by atoms with Crippen molar-refractivity contribution in [2.75, 3.05) is 25.5 Å². The van der Waals surface area contributed by atoms with Gasteiger partial charge in [0.2, 0.25) is 5.91 Å². The van der Waals surface area contributed by atoms with Gasteiger partial charge in [0.1, 0.15) is 6.54 Å². The van der Waals surface area contributed by atoms with E-state index < -0.39 is 0 Å². The van der Waals surface area contributed by atoms with E-state index in [1.54, 1.807) is 19.2 Å². The summed E-state index contributed by atoms with van der Waals surface area (Å²) in [4.78, 5) is 27.0. The number of aromatic nitrogens is 1. The standard InChI is InChI=1S/C24H25N3O4/c1-4-26(5-2)22(28)15-27-12-11-16-13-18(9-10-19(16)27)25-24(29)21-14-17-7-6-8-20(30-3)23(17)31-21/h6-14H,4-5,15H2,1-3H3,(H,25,29). The number of likely N-dealkylation sites (N-methyl/N-ethyl adjacent to an activating group) is 1. The van der Waals surface area contributed by atoms with Crippen LogP contribution in [0, 0.1) is 0 Å². The highest BCUT2D eigenvalue weighted by Gasteiger charge is 2.16. The lowest BCUT2D eigenvalue weighted by Gasteiger charge is -2.19. The molecule has 0 saturated heterocycles. The molecule has 2 heterocycles. The SMILES string of the molecule is CCN(CC)C(=O)Cn1ccc2cc(NC(=O)c3cc4cccc(OC)c4o3)ccc21. The summed E-state index contributed by atoms with van der Waals surface area (Å²) in [5.74, 6) is 0.537. The highest BCUT2D eigenvalue weighted by atomic mass is 16.5. The van der Waals surface area contributed by atoms with Gasteiger partial charge in [-0.1, -0.05) is 12.1 Å². The van der Waals surface area contributed by atoms with Crippen LogP contribution in [-0.4, -0.2) is 41.5 Å². The van der Waals surface area contributed by atoms with E-state index in [1.807, 2.05) is 65.9 Å². The van der Waals surface area contributed by atoms with Crippen molar-refractivity contribution in [1.82, 2.24) is 9.47 Å². The molecule has 0 aliphatic carbocycles. The highest BCUT2D eigenvalue weighted by Crippen LogP contribution is 2.29. The Labute approximate surface area is 180 Å². The van der Waals surface area contributed by atoms with Crippen LogP contribution in [0.25, 0.3) is 21.9 Å². The number of carbonyl (C=O) groups excluding carboxylic acids is 2. The first-order chi connectivity index (χ1) is 15.0. The van der Waals surface area contributed by atoms with Crippen molar-refractivity contribution in [3.05, 3.63) is 60.5 Å². The van der Waals surface area contributed by atoms with Gasteiger partial charge in [-0.05, 0) is 50.2 Å². The van der Waals surface area contributed by atoms with E-state index in [4.69, 9.17) is 9.15 Å². The van der Waals surface area contributed by atoms with Crippen LogP contribution in [0.2, 0.25) is 0 Å². The molecule has 4 rings (SSSR count). The summed E-state index contributed by atoms with van der Waals surface area (Å²) < 4.78 is 12.9. The Hall–Kier alpha value is -3.74. The Bertz CT molecular complexity index is 1250. The van der Waals surface area contributed by atoms with E-state index in [9.17, 15) is 9.59 Å². The number of rotatable bonds is 7. The molecule has 0 unspecified atom stereocenters. The number of hydrogen-bond donors (Lipinski definition) is 1. The normalized spacial score (nSPS) is 11.1. The van der Waals surface area contributed by atoms with Crippen LogP contribution in [0.15, 0.2) is 59.1 Å². The van der Waals surface area contributed by atoms with E-state index in [0.717, 1.165) is 16.3 Å². The number of para-hydroxylation sites is 1. The summed E-state index contributed by atoms with van der Waals surface area (Å²) in [6.07, 6.45) is 1.89. The van der Waals surface area contributed by atoms with Crippen molar-refractivity contribution in [2.45, 2.75) is 20.4 Å². The summed E-state index contributed by atoms with van der Waals surface area (Å²) in [6, 6.07) is 14.7. The number of amides is 2. The van der Waals surface area contributed by atoms with Gasteiger partial charge in [0.25, 0.3) is 5.91 Å². The molecule has 0 radical (unpaired) electrons. The van der Waals surface area contributed by atoms with E-state index in [0.29, 0.717) is 30.1 Å². The van der Waals surface area contributed by atoms with Crippen LogP contribution in [0.3, 0.4) is 0 Å². The first-order valence-corrected chi connectivity index (χ1v) is 10.3. The summed E-state index contributed by atoms with van der Waals surface area (Å²) in [5, 5.41) is 4.62. The largest absolute Gasteiger partial charge is 0.493 e. The number of anilines is 1. The molecule has 0 atom stereocenters. The average molecular weight is 419 g/mol. The van der Waals surface area contributed by atoms with Crippen molar-refractivity contribution in [2.24, 2.45) is 0 Å². The number of ether oxygens (including phenoxy) is 1. The van der Waals surface area contributed by atoms with Gasteiger partial charge in [0, 0.05) is 41.3 Å². The first-order valence-electron chi connectivity index (χ1n) is 10.3. The lowest BCUT2D eigenvalue weighted by molar-refractivity contribution is -0.131. The van der Waals surface area contributed by atoms with E-state index in [-0.39, 0.29) is 24.1 Å². The zero-order valence-corrected chi connectivity index (χ0v) is 17.8. The van der Waals surface area contributed by atoms with Gasteiger partial charge in [0.05, 0.1) is 7.11 Å². The molecule has 2 aromatic heterocycles. The van der Waals surface area contributed by atoms with Crippen LogP contribution in [0.1, 0.15) is 24.4 Å². The molecule has 2 aromatic carbocycles. The number of methoxy groups -OCH3 is 1. The lowest BCUT2D eigenvalue weighted by atomic mass is 10.2. The highest BCUT2D eigenvalue weighted by molar-refractivity contribution is 6.05. The molecule has 7 heteroatoms. The predicted molar refractivity (Wildman–Crippen MR) is 121 cm³/mol. The third-order valence-electron chi connectivity index (χ3n) is 5.40. The fraction of sp³-hybridized carbons (Fsp3) is 0.250. The molecular formula is C24H25N3O4. The average Bonchev–Trinajstić information content (AvgIpc) is 3.38. The Kier molecular flexibility index (Phi) is 5.66. The number of fused-ring (bicyclic) bond motifs is 2. The van der Waals surface area contributed by atoms with Gasteiger partial charge in [0.15, 0.2) is 17.1 Å². The Balaban J connectivity index is 1.53. The quantitative estimate of drug-likeness (QED) is 0.478. The zero-order chi connectivity index (χ0) is 22.0. The van der Waals surface area contributed by atoms with Gasteiger partial charge < -0.3 is 23.9 Å². The number of nitrogens with one attached hydrogen (secondary N) is 1. The molecule has 1 N–H and O–H groups in total. The maximum Gasteiger partial charge on any atom is 0.291 e. The van der Waals surface area contributed by atoms with E-state index >= 15 is 0 Å². The second-order valence-corrected chi connectivity index (χ2v) is 7.23. The summed E-state index contributed by atoms with van der Waals surface area (Å²) >= 11 is 0. The first kappa shape index (κ1) is 20.5. The molecule has 0 aliphatic heterocycles. The van der Waals surface area contributed by atoms with E-state index in [2.05, 4.69) is 5.32 Å². The maximum absolute atomic E-state index is 12.7.